The number of ether oxygens (including phenoxy) is 1. The number of hydrogen-bond donors (Lipinski definition) is 2. The van der Waals surface area contributed by atoms with Crippen LogP contribution >= 0.6 is 11.8 Å². The summed E-state index contributed by atoms with van der Waals surface area (Å²) in [7, 11) is 1.60. The van der Waals surface area contributed by atoms with Crippen LogP contribution in [-0.2, 0) is 23.5 Å². The lowest BCUT2D eigenvalue weighted by atomic mass is 10.2. The number of carbonyl (C=O) groups excluding carboxylic acids is 1. The Hall–Kier alpha value is -3.06. The van der Waals surface area contributed by atoms with Crippen molar-refractivity contribution >= 4 is 17.7 Å². The van der Waals surface area contributed by atoms with E-state index in [1.54, 1.807) is 7.11 Å². The molecule has 0 aliphatic carbocycles. The van der Waals surface area contributed by atoms with Crippen molar-refractivity contribution in [2.45, 2.75) is 30.8 Å². The van der Waals surface area contributed by atoms with E-state index in [1.807, 2.05) is 49.4 Å². The van der Waals surface area contributed by atoms with Crippen molar-refractivity contribution in [2.75, 3.05) is 7.11 Å². The number of methoxy groups -OCH3 is 1. The topological polar surface area (TPSA) is 84.1 Å². The smallest absolute Gasteiger partial charge is 0.251 e. The molecule has 29 heavy (non-hydrogen) atoms. The number of aromatic amines is 1. The molecule has 0 spiro atoms. The molecule has 0 fully saturated rings. The second-order valence-corrected chi connectivity index (χ2v) is 7.59. The number of nitrogens with one attached hydrogen (secondary N) is 2. The molecule has 1 aromatic heterocycles. The van der Waals surface area contributed by atoms with Crippen LogP contribution in [0.3, 0.4) is 0 Å². The lowest BCUT2D eigenvalue weighted by molar-refractivity contribution is -0.120. The first kappa shape index (κ1) is 20.7. The Morgan fingerprint density at radius 2 is 1.93 bits per heavy atom. The fourth-order valence-electron chi connectivity index (χ4n) is 2.81. The minimum absolute atomic E-state index is 0.0475. The standard InChI is InChI=1S/C22H23N3O3S/c1-15-5-3-7-17(9-15)14-29-22-24-18(12-21(27)25-22)11-20(26)23-13-16-6-4-8-19(10-16)28-2/h3-10,12H,11,13-14H2,1-2H3,(H,23,26)(H,24,25,27). The average molecular weight is 410 g/mol. The number of thioether (sulfide) groups is 1. The van der Waals surface area contributed by atoms with Crippen LogP contribution in [-0.4, -0.2) is 23.0 Å². The molecule has 6 nitrogen and oxygen atoms in total. The monoisotopic (exact) mass is 409 g/mol. The highest BCUT2D eigenvalue weighted by Crippen LogP contribution is 2.19. The molecule has 0 aliphatic rings. The maximum atomic E-state index is 12.3. The lowest BCUT2D eigenvalue weighted by Crippen LogP contribution is -2.25. The first-order valence-electron chi connectivity index (χ1n) is 9.20. The van der Waals surface area contributed by atoms with Crippen molar-refractivity contribution < 1.29 is 9.53 Å². The molecular formula is C22H23N3O3S. The van der Waals surface area contributed by atoms with Crippen LogP contribution in [0.4, 0.5) is 0 Å². The van der Waals surface area contributed by atoms with Crippen molar-refractivity contribution in [3.63, 3.8) is 0 Å². The molecule has 2 aromatic carbocycles. The highest BCUT2D eigenvalue weighted by molar-refractivity contribution is 7.98. The predicted molar refractivity (Wildman–Crippen MR) is 114 cm³/mol. The molecular weight excluding hydrogens is 386 g/mol. The van der Waals surface area contributed by atoms with Crippen molar-refractivity contribution in [2.24, 2.45) is 0 Å². The van der Waals surface area contributed by atoms with Gasteiger partial charge in [-0.1, -0.05) is 53.7 Å². The van der Waals surface area contributed by atoms with Gasteiger partial charge in [0.05, 0.1) is 19.2 Å². The van der Waals surface area contributed by atoms with Gasteiger partial charge in [0.25, 0.3) is 5.56 Å². The number of benzene rings is 2. The summed E-state index contributed by atoms with van der Waals surface area (Å²) < 4.78 is 5.18. The number of H-pyrrole nitrogens is 1. The Balaban J connectivity index is 1.58. The van der Waals surface area contributed by atoms with Gasteiger partial charge in [-0.25, -0.2) is 4.98 Å². The molecule has 3 rings (SSSR count). The van der Waals surface area contributed by atoms with Crippen molar-refractivity contribution in [1.29, 1.82) is 0 Å². The maximum Gasteiger partial charge on any atom is 0.251 e. The van der Waals surface area contributed by atoms with Crippen LogP contribution in [0.15, 0.2) is 64.5 Å². The predicted octanol–water partition coefficient (Wildman–Crippen LogP) is 3.24. The van der Waals surface area contributed by atoms with Crippen molar-refractivity contribution in [1.82, 2.24) is 15.3 Å². The van der Waals surface area contributed by atoms with Crippen LogP contribution in [0.25, 0.3) is 0 Å². The minimum Gasteiger partial charge on any atom is -0.497 e. The number of aromatic nitrogens is 2. The third-order valence-corrected chi connectivity index (χ3v) is 5.14. The Morgan fingerprint density at radius 1 is 1.14 bits per heavy atom. The van der Waals surface area contributed by atoms with Crippen LogP contribution in [0.5, 0.6) is 5.75 Å². The zero-order chi connectivity index (χ0) is 20.6. The van der Waals surface area contributed by atoms with Gasteiger partial charge in [-0.2, -0.15) is 0 Å². The molecule has 2 N–H and O–H groups in total. The van der Waals surface area contributed by atoms with E-state index in [0.29, 0.717) is 23.1 Å². The van der Waals surface area contributed by atoms with E-state index in [9.17, 15) is 9.59 Å². The molecule has 0 aliphatic heterocycles. The zero-order valence-electron chi connectivity index (χ0n) is 16.4. The van der Waals surface area contributed by atoms with Gasteiger partial charge in [0, 0.05) is 18.4 Å². The Morgan fingerprint density at radius 3 is 2.72 bits per heavy atom. The van der Waals surface area contributed by atoms with Crippen LogP contribution in [0, 0.1) is 6.92 Å². The summed E-state index contributed by atoms with van der Waals surface area (Å²) in [5.41, 5.74) is 3.46. The summed E-state index contributed by atoms with van der Waals surface area (Å²) in [4.78, 5) is 31.4. The molecule has 150 valence electrons. The van der Waals surface area contributed by atoms with Crippen LogP contribution in [0.1, 0.15) is 22.4 Å². The molecule has 0 unspecified atom stereocenters. The summed E-state index contributed by atoms with van der Waals surface area (Å²) >= 11 is 1.44. The number of hydrogen-bond acceptors (Lipinski definition) is 5. The Kier molecular flexibility index (Phi) is 7.08. The fraction of sp³-hybridized carbons (Fsp3) is 0.227. The van der Waals surface area contributed by atoms with E-state index >= 15 is 0 Å². The number of aryl methyl sites for hydroxylation is 1. The van der Waals surface area contributed by atoms with E-state index in [1.165, 1.54) is 23.4 Å². The Bertz CT molecular complexity index is 1050. The molecule has 0 saturated carbocycles. The van der Waals surface area contributed by atoms with Gasteiger partial charge in [-0.15, -0.1) is 0 Å². The quantitative estimate of drug-likeness (QED) is 0.441. The average Bonchev–Trinajstić information content (AvgIpc) is 2.70. The molecule has 1 amide bonds. The van der Waals surface area contributed by atoms with E-state index in [-0.39, 0.29) is 17.9 Å². The summed E-state index contributed by atoms with van der Waals surface area (Å²) in [5.74, 6) is 1.24. The molecule has 1 heterocycles. The molecule has 0 atom stereocenters. The van der Waals surface area contributed by atoms with Gasteiger partial charge >= 0.3 is 0 Å². The maximum absolute atomic E-state index is 12.3. The van der Waals surface area contributed by atoms with E-state index < -0.39 is 0 Å². The third-order valence-electron chi connectivity index (χ3n) is 4.20. The van der Waals surface area contributed by atoms with Crippen LogP contribution < -0.4 is 15.6 Å². The minimum atomic E-state index is -0.262. The Labute approximate surface area is 173 Å². The SMILES string of the molecule is COc1cccc(CNC(=O)Cc2cc(=O)[nH]c(SCc3cccc(C)c3)n2)c1. The van der Waals surface area contributed by atoms with Gasteiger partial charge in [0.1, 0.15) is 5.75 Å². The van der Waals surface area contributed by atoms with E-state index in [2.05, 4.69) is 21.4 Å². The molecule has 7 heteroatoms. The zero-order valence-corrected chi connectivity index (χ0v) is 17.2. The first-order valence-corrected chi connectivity index (χ1v) is 10.2. The number of nitrogens with zero attached hydrogens (tertiary/aromatic N) is 1. The fourth-order valence-corrected chi connectivity index (χ4v) is 3.64. The summed E-state index contributed by atoms with van der Waals surface area (Å²) in [6, 6.07) is 17.0. The highest BCUT2D eigenvalue weighted by atomic mass is 32.2. The van der Waals surface area contributed by atoms with Gasteiger partial charge in [0.2, 0.25) is 5.91 Å². The summed E-state index contributed by atoms with van der Waals surface area (Å²) in [6.07, 6.45) is 0.0475. The van der Waals surface area contributed by atoms with Gasteiger partial charge in [-0.3, -0.25) is 9.59 Å². The molecule has 0 saturated heterocycles. The first-order chi connectivity index (χ1) is 14.0. The second-order valence-electron chi connectivity index (χ2n) is 6.62. The molecule has 0 radical (unpaired) electrons. The summed E-state index contributed by atoms with van der Waals surface area (Å²) in [5, 5.41) is 3.36. The van der Waals surface area contributed by atoms with E-state index in [4.69, 9.17) is 4.74 Å². The van der Waals surface area contributed by atoms with E-state index in [0.717, 1.165) is 16.9 Å². The lowest BCUT2D eigenvalue weighted by Gasteiger charge is -2.08. The van der Waals surface area contributed by atoms with Crippen molar-refractivity contribution in [3.8, 4) is 5.75 Å². The normalized spacial score (nSPS) is 10.6. The number of rotatable bonds is 8. The highest BCUT2D eigenvalue weighted by Gasteiger charge is 2.09. The van der Waals surface area contributed by atoms with Gasteiger partial charge < -0.3 is 15.0 Å². The largest absolute Gasteiger partial charge is 0.497 e. The summed E-state index contributed by atoms with van der Waals surface area (Å²) in [6.45, 7) is 2.42. The third kappa shape index (κ3) is 6.50. The molecule has 3 aromatic rings. The number of amides is 1. The van der Waals surface area contributed by atoms with Gasteiger partial charge in [-0.05, 0) is 30.2 Å². The molecule has 0 bridgehead atoms. The van der Waals surface area contributed by atoms with Crippen molar-refractivity contribution in [3.05, 3.63) is 87.3 Å². The second kappa shape index (κ2) is 9.93. The van der Waals surface area contributed by atoms with Crippen LogP contribution in [0.2, 0.25) is 0 Å². The number of carbonyl (C=O) groups is 1. The van der Waals surface area contributed by atoms with Gasteiger partial charge in [0.15, 0.2) is 5.16 Å².